The number of likely N-dealkylation sites (N-methyl/N-ethyl adjacent to an activating group) is 1. The molecule has 202 valence electrons. The highest BCUT2D eigenvalue weighted by molar-refractivity contribution is 9.10. The summed E-state index contributed by atoms with van der Waals surface area (Å²) < 4.78 is 33.2. The Hall–Kier alpha value is -3.37. The normalized spacial score (nSPS) is 11.9. The Kier molecular flexibility index (Phi) is 10.3. The highest BCUT2D eigenvalue weighted by atomic mass is 79.9. The molecule has 0 fully saturated rings. The van der Waals surface area contributed by atoms with Gasteiger partial charge in [-0.1, -0.05) is 58.4 Å². The quantitative estimate of drug-likeness (QED) is 0.333. The molecule has 38 heavy (non-hydrogen) atoms. The van der Waals surface area contributed by atoms with Crippen LogP contribution in [0.3, 0.4) is 0 Å². The van der Waals surface area contributed by atoms with Crippen LogP contribution in [0.25, 0.3) is 0 Å². The summed E-state index contributed by atoms with van der Waals surface area (Å²) >= 11 is 3.39. The van der Waals surface area contributed by atoms with E-state index >= 15 is 0 Å². The Bertz CT molecular complexity index is 1320. The molecule has 1 atom stereocenters. The van der Waals surface area contributed by atoms with Gasteiger partial charge in [-0.15, -0.1) is 0 Å². The minimum absolute atomic E-state index is 0.147. The molecule has 0 aliphatic carbocycles. The predicted molar refractivity (Wildman–Crippen MR) is 152 cm³/mol. The molecule has 0 bridgehead atoms. The predicted octanol–water partition coefficient (Wildman–Crippen LogP) is 4.35. The monoisotopic (exact) mass is 601 g/mol. The second kappa shape index (κ2) is 13.4. The number of ether oxygens (including phenoxy) is 1. The smallest absolute Gasteiger partial charge is 0.244 e. The van der Waals surface area contributed by atoms with Crippen LogP contribution in [0.4, 0.5) is 5.69 Å². The highest BCUT2D eigenvalue weighted by Gasteiger charge is 2.29. The highest BCUT2D eigenvalue weighted by Crippen LogP contribution is 2.23. The fraction of sp³-hybridized carbons (Fsp3) is 0.286. The van der Waals surface area contributed by atoms with E-state index in [4.69, 9.17) is 4.74 Å². The lowest BCUT2D eigenvalue weighted by molar-refractivity contribution is -0.139. The first kappa shape index (κ1) is 29.2. The second-order valence-electron chi connectivity index (χ2n) is 8.76. The van der Waals surface area contributed by atoms with E-state index in [1.54, 1.807) is 38.1 Å². The Balaban J connectivity index is 1.80. The van der Waals surface area contributed by atoms with Gasteiger partial charge in [-0.05, 0) is 61.4 Å². The number of halogens is 1. The van der Waals surface area contributed by atoms with Crippen LogP contribution in [-0.4, -0.2) is 50.5 Å². The van der Waals surface area contributed by atoms with Crippen molar-refractivity contribution in [2.24, 2.45) is 0 Å². The summed E-state index contributed by atoms with van der Waals surface area (Å²) in [6, 6.07) is 22.8. The number of hydrogen-bond donors (Lipinski definition) is 1. The van der Waals surface area contributed by atoms with Gasteiger partial charge in [-0.25, -0.2) is 8.42 Å². The molecule has 0 saturated heterocycles. The zero-order valence-corrected chi connectivity index (χ0v) is 24.0. The lowest BCUT2D eigenvalue weighted by atomic mass is 10.1. The molecule has 1 N–H and O–H groups in total. The first-order valence-corrected chi connectivity index (χ1v) is 14.8. The number of carbonyl (C=O) groups is 2. The van der Waals surface area contributed by atoms with E-state index < -0.39 is 28.5 Å². The number of rotatable bonds is 12. The summed E-state index contributed by atoms with van der Waals surface area (Å²) in [4.78, 5) is 27.5. The molecule has 0 unspecified atom stereocenters. The molecule has 3 rings (SSSR count). The van der Waals surface area contributed by atoms with Crippen molar-refractivity contribution in [3.05, 3.63) is 94.5 Å². The largest absolute Gasteiger partial charge is 0.489 e. The van der Waals surface area contributed by atoms with Crippen molar-refractivity contribution in [3.63, 3.8) is 0 Å². The molecule has 0 aromatic heterocycles. The van der Waals surface area contributed by atoms with Crippen LogP contribution >= 0.6 is 15.9 Å². The molecule has 0 radical (unpaired) electrons. The maximum atomic E-state index is 13.5. The molecule has 0 saturated carbocycles. The molecule has 0 heterocycles. The summed E-state index contributed by atoms with van der Waals surface area (Å²) in [5, 5.41) is 2.73. The molecule has 0 aliphatic rings. The number of carbonyl (C=O) groups excluding carboxylic acids is 2. The van der Waals surface area contributed by atoms with Gasteiger partial charge in [0.25, 0.3) is 0 Å². The van der Waals surface area contributed by atoms with E-state index in [1.807, 2.05) is 54.6 Å². The number of sulfonamides is 1. The van der Waals surface area contributed by atoms with E-state index in [9.17, 15) is 18.0 Å². The molecule has 8 nitrogen and oxygen atoms in total. The van der Waals surface area contributed by atoms with Crippen molar-refractivity contribution < 1.29 is 22.7 Å². The van der Waals surface area contributed by atoms with Gasteiger partial charge < -0.3 is 15.0 Å². The summed E-state index contributed by atoms with van der Waals surface area (Å²) in [5.41, 5.74) is 2.14. The average Bonchev–Trinajstić information content (AvgIpc) is 2.90. The van der Waals surface area contributed by atoms with Crippen LogP contribution in [0.2, 0.25) is 0 Å². The van der Waals surface area contributed by atoms with Gasteiger partial charge in [-0.3, -0.25) is 13.9 Å². The minimum atomic E-state index is -3.81. The number of nitrogens with zero attached hydrogens (tertiary/aromatic N) is 2. The Morgan fingerprint density at radius 3 is 2.16 bits per heavy atom. The SMILES string of the molecule is CCNC(=O)[C@@H](C)N(Cc1ccc(Br)cc1)C(=O)CN(c1ccc(OCc2ccccc2)cc1)S(C)(=O)=O. The van der Waals surface area contributed by atoms with Crippen molar-refractivity contribution in [2.45, 2.75) is 33.0 Å². The molecule has 3 aromatic rings. The molecule has 10 heteroatoms. The van der Waals surface area contributed by atoms with Crippen LogP contribution in [0.5, 0.6) is 5.75 Å². The topological polar surface area (TPSA) is 96.0 Å². The van der Waals surface area contributed by atoms with E-state index in [2.05, 4.69) is 21.2 Å². The third kappa shape index (κ3) is 8.32. The molecule has 2 amide bonds. The van der Waals surface area contributed by atoms with E-state index in [0.717, 1.165) is 26.2 Å². The second-order valence-corrected chi connectivity index (χ2v) is 11.6. The van der Waals surface area contributed by atoms with Crippen LogP contribution in [0, 0.1) is 0 Å². The molecule has 3 aromatic carbocycles. The average molecular weight is 603 g/mol. The summed E-state index contributed by atoms with van der Waals surface area (Å²) in [5.74, 6) is -0.246. The molecule has 0 aliphatic heterocycles. The molecule has 0 spiro atoms. The number of benzene rings is 3. The molecular weight excluding hydrogens is 570 g/mol. The Labute approximate surface area is 232 Å². The van der Waals surface area contributed by atoms with E-state index in [0.29, 0.717) is 24.6 Å². The number of nitrogens with one attached hydrogen (secondary N) is 1. The van der Waals surface area contributed by atoms with Gasteiger partial charge in [-0.2, -0.15) is 0 Å². The van der Waals surface area contributed by atoms with Crippen molar-refractivity contribution >= 4 is 43.5 Å². The fourth-order valence-electron chi connectivity index (χ4n) is 3.75. The Morgan fingerprint density at radius 2 is 1.58 bits per heavy atom. The zero-order chi connectivity index (χ0) is 27.7. The van der Waals surface area contributed by atoms with Crippen molar-refractivity contribution in [1.82, 2.24) is 10.2 Å². The summed E-state index contributed by atoms with van der Waals surface area (Å²) in [6.45, 7) is 3.90. The first-order valence-electron chi connectivity index (χ1n) is 12.1. The van der Waals surface area contributed by atoms with Crippen LogP contribution in [0.15, 0.2) is 83.3 Å². The third-order valence-corrected chi connectivity index (χ3v) is 7.51. The van der Waals surface area contributed by atoms with Crippen molar-refractivity contribution in [1.29, 1.82) is 0 Å². The zero-order valence-electron chi connectivity index (χ0n) is 21.6. The van der Waals surface area contributed by atoms with Gasteiger partial charge in [0.05, 0.1) is 11.9 Å². The van der Waals surface area contributed by atoms with Gasteiger partial charge in [0.1, 0.15) is 24.9 Å². The number of hydrogen-bond acceptors (Lipinski definition) is 5. The first-order chi connectivity index (χ1) is 18.1. The van der Waals surface area contributed by atoms with Crippen LogP contribution < -0.4 is 14.4 Å². The van der Waals surface area contributed by atoms with E-state index in [1.165, 1.54) is 4.90 Å². The van der Waals surface area contributed by atoms with Crippen molar-refractivity contribution in [3.8, 4) is 5.75 Å². The lowest BCUT2D eigenvalue weighted by Crippen LogP contribution is -2.51. The lowest BCUT2D eigenvalue weighted by Gasteiger charge is -2.31. The Morgan fingerprint density at radius 1 is 0.947 bits per heavy atom. The summed E-state index contributed by atoms with van der Waals surface area (Å²) in [7, 11) is -3.81. The standard InChI is InChI=1S/C28H32BrN3O5S/c1-4-30-28(34)21(2)31(18-22-10-12-24(29)13-11-22)27(33)19-32(38(3,35)36)25-14-16-26(17-15-25)37-20-23-8-6-5-7-9-23/h5-17,21H,4,18-20H2,1-3H3,(H,30,34)/t21-/m1/s1. The number of anilines is 1. The minimum Gasteiger partial charge on any atom is -0.489 e. The maximum absolute atomic E-state index is 13.5. The molecular formula is C28H32BrN3O5S. The third-order valence-electron chi connectivity index (χ3n) is 5.84. The van der Waals surface area contributed by atoms with E-state index in [-0.39, 0.29) is 12.5 Å². The van der Waals surface area contributed by atoms with Gasteiger partial charge >= 0.3 is 0 Å². The van der Waals surface area contributed by atoms with Crippen LogP contribution in [-0.2, 0) is 32.8 Å². The number of amides is 2. The maximum Gasteiger partial charge on any atom is 0.244 e. The van der Waals surface area contributed by atoms with Crippen LogP contribution in [0.1, 0.15) is 25.0 Å². The van der Waals surface area contributed by atoms with Crippen molar-refractivity contribution in [2.75, 3.05) is 23.7 Å². The van der Waals surface area contributed by atoms with Gasteiger partial charge in [0.15, 0.2) is 0 Å². The van der Waals surface area contributed by atoms with Gasteiger partial charge in [0.2, 0.25) is 21.8 Å². The van der Waals surface area contributed by atoms with Gasteiger partial charge in [0, 0.05) is 17.6 Å². The fourth-order valence-corrected chi connectivity index (χ4v) is 4.87. The summed E-state index contributed by atoms with van der Waals surface area (Å²) in [6.07, 6.45) is 1.05.